The molecule has 108 valence electrons. The van der Waals surface area contributed by atoms with Crippen LogP contribution >= 0.6 is 0 Å². The van der Waals surface area contributed by atoms with Crippen LogP contribution in [0.4, 0.5) is 5.69 Å². The summed E-state index contributed by atoms with van der Waals surface area (Å²) in [5, 5.41) is 3.16. The Labute approximate surface area is 120 Å². The molecule has 1 heterocycles. The molecule has 1 N–H and O–H groups in total. The molecule has 0 radical (unpaired) electrons. The third kappa shape index (κ3) is 4.30. The minimum absolute atomic E-state index is 0.177. The Morgan fingerprint density at radius 1 is 1.25 bits per heavy atom. The van der Waals surface area contributed by atoms with Crippen molar-refractivity contribution >= 4 is 11.6 Å². The number of amides is 1. The third-order valence-electron chi connectivity index (χ3n) is 3.37. The van der Waals surface area contributed by atoms with E-state index in [0.717, 1.165) is 37.4 Å². The minimum atomic E-state index is 0.177. The lowest BCUT2D eigenvalue weighted by Gasteiger charge is -2.26. The van der Waals surface area contributed by atoms with Gasteiger partial charge in [-0.15, -0.1) is 0 Å². The van der Waals surface area contributed by atoms with Gasteiger partial charge in [0.2, 0.25) is 5.91 Å². The Morgan fingerprint density at radius 3 is 2.60 bits per heavy atom. The number of piperidine rings is 1. The number of hydrogen-bond donors (Lipinski definition) is 1. The van der Waals surface area contributed by atoms with Crippen LogP contribution in [-0.4, -0.2) is 37.0 Å². The summed E-state index contributed by atoms with van der Waals surface area (Å²) in [6.45, 7) is 6.26. The normalized spacial score (nSPS) is 14.7. The highest BCUT2D eigenvalue weighted by Crippen LogP contribution is 2.16. The van der Waals surface area contributed by atoms with E-state index in [2.05, 4.69) is 11.9 Å². The number of ether oxygens (including phenoxy) is 1. The number of anilines is 1. The first-order chi connectivity index (χ1) is 9.79. The van der Waals surface area contributed by atoms with Crippen molar-refractivity contribution in [3.63, 3.8) is 0 Å². The van der Waals surface area contributed by atoms with E-state index in [0.29, 0.717) is 13.2 Å². The maximum atomic E-state index is 12.0. The van der Waals surface area contributed by atoms with Crippen LogP contribution in [0.15, 0.2) is 36.9 Å². The van der Waals surface area contributed by atoms with Gasteiger partial charge in [0.05, 0.1) is 6.54 Å². The summed E-state index contributed by atoms with van der Waals surface area (Å²) < 4.78 is 5.41. The maximum absolute atomic E-state index is 12.0. The fourth-order valence-electron chi connectivity index (χ4n) is 2.26. The monoisotopic (exact) mass is 274 g/mol. The Morgan fingerprint density at radius 2 is 1.95 bits per heavy atom. The summed E-state index contributed by atoms with van der Waals surface area (Å²) in [7, 11) is 0. The van der Waals surface area contributed by atoms with E-state index in [1.54, 1.807) is 6.08 Å². The average molecular weight is 274 g/mol. The van der Waals surface area contributed by atoms with Gasteiger partial charge in [-0.2, -0.15) is 0 Å². The molecule has 1 aliphatic heterocycles. The molecule has 0 spiro atoms. The van der Waals surface area contributed by atoms with Crippen LogP contribution in [-0.2, 0) is 4.79 Å². The SMILES string of the molecule is C=CCOc1ccc(NCC(=O)N2CCCCC2)cc1. The van der Waals surface area contributed by atoms with E-state index in [1.165, 1.54) is 6.42 Å². The molecule has 0 saturated carbocycles. The second-order valence-electron chi connectivity index (χ2n) is 4.92. The molecule has 1 amide bonds. The molecule has 1 saturated heterocycles. The van der Waals surface area contributed by atoms with E-state index in [-0.39, 0.29) is 5.91 Å². The van der Waals surface area contributed by atoms with Crippen molar-refractivity contribution in [2.45, 2.75) is 19.3 Å². The van der Waals surface area contributed by atoms with E-state index >= 15 is 0 Å². The Balaban J connectivity index is 1.78. The van der Waals surface area contributed by atoms with Crippen LogP contribution in [0.1, 0.15) is 19.3 Å². The molecule has 4 heteroatoms. The van der Waals surface area contributed by atoms with Gasteiger partial charge < -0.3 is 15.0 Å². The van der Waals surface area contributed by atoms with Crippen molar-refractivity contribution < 1.29 is 9.53 Å². The number of carbonyl (C=O) groups is 1. The van der Waals surface area contributed by atoms with Crippen molar-refractivity contribution in [1.82, 2.24) is 4.90 Å². The number of carbonyl (C=O) groups excluding carboxylic acids is 1. The van der Waals surface area contributed by atoms with E-state index in [4.69, 9.17) is 4.74 Å². The smallest absolute Gasteiger partial charge is 0.241 e. The number of benzene rings is 1. The highest BCUT2D eigenvalue weighted by atomic mass is 16.5. The fourth-order valence-corrected chi connectivity index (χ4v) is 2.26. The average Bonchev–Trinajstić information content (AvgIpc) is 2.52. The predicted octanol–water partition coefficient (Wildman–Crippen LogP) is 2.68. The van der Waals surface area contributed by atoms with Gasteiger partial charge >= 0.3 is 0 Å². The van der Waals surface area contributed by atoms with Crippen LogP contribution in [0, 0.1) is 0 Å². The molecule has 0 aliphatic carbocycles. The Hall–Kier alpha value is -1.97. The second kappa shape index (κ2) is 7.58. The van der Waals surface area contributed by atoms with Gasteiger partial charge in [0.15, 0.2) is 0 Å². The molecule has 1 aliphatic rings. The number of likely N-dealkylation sites (tertiary alicyclic amines) is 1. The first kappa shape index (κ1) is 14.4. The highest BCUT2D eigenvalue weighted by molar-refractivity contribution is 5.80. The lowest BCUT2D eigenvalue weighted by atomic mass is 10.1. The van der Waals surface area contributed by atoms with Crippen LogP contribution in [0.2, 0.25) is 0 Å². The summed E-state index contributed by atoms with van der Waals surface area (Å²) in [4.78, 5) is 13.9. The van der Waals surface area contributed by atoms with Crippen molar-refractivity contribution in [3.8, 4) is 5.75 Å². The van der Waals surface area contributed by atoms with Gasteiger partial charge in [0.1, 0.15) is 12.4 Å². The number of rotatable bonds is 6. The minimum Gasteiger partial charge on any atom is -0.490 e. The van der Waals surface area contributed by atoms with Crippen molar-refractivity contribution in [1.29, 1.82) is 0 Å². The van der Waals surface area contributed by atoms with E-state index in [9.17, 15) is 4.79 Å². The molecule has 0 unspecified atom stereocenters. The zero-order valence-corrected chi connectivity index (χ0v) is 11.8. The Kier molecular flexibility index (Phi) is 5.47. The van der Waals surface area contributed by atoms with Gasteiger partial charge in [-0.1, -0.05) is 12.7 Å². The second-order valence-corrected chi connectivity index (χ2v) is 4.92. The molecule has 0 aromatic heterocycles. The molecule has 0 atom stereocenters. The summed E-state index contributed by atoms with van der Waals surface area (Å²) in [6, 6.07) is 7.61. The molecule has 1 fully saturated rings. The van der Waals surface area contributed by atoms with Gasteiger partial charge in [-0.05, 0) is 43.5 Å². The standard InChI is InChI=1S/C16H22N2O2/c1-2-12-20-15-8-6-14(7-9-15)17-13-16(19)18-10-4-3-5-11-18/h2,6-9,17H,1,3-5,10-13H2. The largest absolute Gasteiger partial charge is 0.490 e. The molecule has 1 aromatic rings. The summed E-state index contributed by atoms with van der Waals surface area (Å²) >= 11 is 0. The third-order valence-corrected chi connectivity index (χ3v) is 3.37. The highest BCUT2D eigenvalue weighted by Gasteiger charge is 2.15. The maximum Gasteiger partial charge on any atom is 0.241 e. The molecule has 1 aromatic carbocycles. The molecule has 20 heavy (non-hydrogen) atoms. The zero-order valence-electron chi connectivity index (χ0n) is 11.8. The summed E-state index contributed by atoms with van der Waals surface area (Å²) in [6.07, 6.45) is 5.20. The van der Waals surface area contributed by atoms with Crippen LogP contribution < -0.4 is 10.1 Å². The quantitative estimate of drug-likeness (QED) is 0.811. The number of nitrogens with zero attached hydrogens (tertiary/aromatic N) is 1. The predicted molar refractivity (Wildman–Crippen MR) is 81.1 cm³/mol. The summed E-state index contributed by atoms with van der Waals surface area (Å²) in [5.41, 5.74) is 0.932. The van der Waals surface area contributed by atoms with Crippen molar-refractivity contribution in [2.24, 2.45) is 0 Å². The van der Waals surface area contributed by atoms with Gasteiger partial charge in [-0.3, -0.25) is 4.79 Å². The lowest BCUT2D eigenvalue weighted by Crippen LogP contribution is -2.39. The lowest BCUT2D eigenvalue weighted by molar-refractivity contribution is -0.130. The van der Waals surface area contributed by atoms with Crippen LogP contribution in [0.3, 0.4) is 0 Å². The number of hydrogen-bond acceptors (Lipinski definition) is 3. The molecular weight excluding hydrogens is 252 g/mol. The Bertz CT molecular complexity index is 436. The molecule has 4 nitrogen and oxygen atoms in total. The topological polar surface area (TPSA) is 41.6 Å². The summed E-state index contributed by atoms with van der Waals surface area (Å²) in [5.74, 6) is 0.981. The van der Waals surface area contributed by atoms with Crippen LogP contribution in [0.25, 0.3) is 0 Å². The first-order valence-corrected chi connectivity index (χ1v) is 7.15. The van der Waals surface area contributed by atoms with Crippen molar-refractivity contribution in [3.05, 3.63) is 36.9 Å². The number of nitrogens with one attached hydrogen (secondary N) is 1. The fraction of sp³-hybridized carbons (Fsp3) is 0.438. The van der Waals surface area contributed by atoms with Crippen LogP contribution in [0.5, 0.6) is 5.75 Å². The van der Waals surface area contributed by atoms with Crippen molar-refractivity contribution in [2.75, 3.05) is 31.6 Å². The molecule has 0 bridgehead atoms. The molecular formula is C16H22N2O2. The van der Waals surface area contributed by atoms with Gasteiger partial charge in [-0.25, -0.2) is 0 Å². The van der Waals surface area contributed by atoms with Gasteiger partial charge in [0, 0.05) is 18.8 Å². The van der Waals surface area contributed by atoms with E-state index in [1.807, 2.05) is 29.2 Å². The van der Waals surface area contributed by atoms with Gasteiger partial charge in [0.25, 0.3) is 0 Å². The zero-order chi connectivity index (χ0) is 14.2. The molecule has 2 rings (SSSR count). The van der Waals surface area contributed by atoms with E-state index < -0.39 is 0 Å². The first-order valence-electron chi connectivity index (χ1n) is 7.15.